The molecule has 0 spiro atoms. The molecule has 0 fully saturated rings. The van der Waals surface area contributed by atoms with Crippen molar-refractivity contribution in [2.45, 2.75) is 6.18 Å². The van der Waals surface area contributed by atoms with Crippen LogP contribution in [0.5, 0.6) is 0 Å². The van der Waals surface area contributed by atoms with Gasteiger partial charge in [-0.25, -0.2) is 0 Å². The Morgan fingerprint density at radius 3 is 2.50 bits per heavy atom. The van der Waals surface area contributed by atoms with Gasteiger partial charge in [0, 0.05) is 9.50 Å². The van der Waals surface area contributed by atoms with E-state index < -0.39 is 22.9 Å². The first kappa shape index (κ1) is 15.5. The molecule has 0 atom stereocenters. The van der Waals surface area contributed by atoms with E-state index in [2.05, 4.69) is 15.9 Å². The second-order valence-electron chi connectivity index (χ2n) is 3.17. The molecule has 0 bridgehead atoms. The fourth-order valence-corrected chi connectivity index (χ4v) is 2.47. The molecule has 0 radical (unpaired) electrons. The summed E-state index contributed by atoms with van der Waals surface area (Å²) in [5.41, 5.74) is 0.0391. The van der Waals surface area contributed by atoms with Crippen LogP contribution in [0.3, 0.4) is 0 Å². The average Bonchev–Trinajstić information content (AvgIpc) is 2.20. The normalized spacial score (nSPS) is 12.5. The van der Waals surface area contributed by atoms with Gasteiger partial charge in [0.15, 0.2) is 0 Å². The molecule has 0 amide bonds. The summed E-state index contributed by atoms with van der Waals surface area (Å²) in [6, 6.07) is 4.22. The molecular formula is C8H7BrClF3N2O2S. The van der Waals surface area contributed by atoms with Gasteiger partial charge in [-0.1, -0.05) is 11.6 Å². The van der Waals surface area contributed by atoms with Gasteiger partial charge in [0.1, 0.15) is 6.54 Å². The second-order valence-corrected chi connectivity index (χ2v) is 5.96. The van der Waals surface area contributed by atoms with Gasteiger partial charge < -0.3 is 0 Å². The van der Waals surface area contributed by atoms with Crippen LogP contribution in [-0.4, -0.2) is 21.1 Å². The summed E-state index contributed by atoms with van der Waals surface area (Å²) in [7, 11) is -4.32. The zero-order valence-electron chi connectivity index (χ0n) is 8.55. The third-order valence-corrected chi connectivity index (χ3v) is 3.57. The third kappa shape index (κ3) is 5.42. The zero-order chi connectivity index (χ0) is 14.0. The average molecular weight is 368 g/mol. The molecular weight excluding hydrogens is 361 g/mol. The predicted octanol–water partition coefficient (Wildman–Crippen LogP) is 2.91. The number of rotatable bonds is 4. The van der Waals surface area contributed by atoms with Gasteiger partial charge >= 0.3 is 6.18 Å². The highest BCUT2D eigenvalue weighted by Crippen LogP contribution is 2.26. The summed E-state index contributed by atoms with van der Waals surface area (Å²) in [6.07, 6.45) is -4.62. The van der Waals surface area contributed by atoms with Gasteiger partial charge in [-0.2, -0.15) is 26.3 Å². The minimum Gasteiger partial charge on any atom is -0.270 e. The molecule has 1 aromatic rings. The van der Waals surface area contributed by atoms with E-state index in [0.717, 1.165) is 0 Å². The molecule has 10 heteroatoms. The minimum absolute atomic E-state index is 0.0391. The minimum atomic E-state index is -4.62. The first-order valence-electron chi connectivity index (χ1n) is 4.38. The van der Waals surface area contributed by atoms with Crippen LogP contribution in [0, 0.1) is 0 Å². The number of anilines is 1. The van der Waals surface area contributed by atoms with E-state index in [1.807, 2.05) is 4.72 Å². The van der Waals surface area contributed by atoms with Crippen molar-refractivity contribution in [2.75, 3.05) is 11.3 Å². The fraction of sp³-hybridized carbons (Fsp3) is 0.250. The van der Waals surface area contributed by atoms with Crippen LogP contribution < -0.4 is 9.44 Å². The number of benzene rings is 1. The summed E-state index contributed by atoms with van der Waals surface area (Å²) < 4.78 is 61.9. The Morgan fingerprint density at radius 1 is 1.33 bits per heavy atom. The fourth-order valence-electron chi connectivity index (χ4n) is 0.933. The summed E-state index contributed by atoms with van der Waals surface area (Å²) in [5, 5.41) is 0.242. The summed E-state index contributed by atoms with van der Waals surface area (Å²) in [4.78, 5) is 0. The highest BCUT2D eigenvalue weighted by atomic mass is 79.9. The van der Waals surface area contributed by atoms with Gasteiger partial charge in [-0.3, -0.25) is 4.72 Å². The Hall–Kier alpha value is -0.510. The number of nitrogens with one attached hydrogen (secondary N) is 2. The van der Waals surface area contributed by atoms with Crippen LogP contribution >= 0.6 is 27.5 Å². The molecule has 0 aliphatic carbocycles. The van der Waals surface area contributed by atoms with Crippen molar-refractivity contribution >= 4 is 43.4 Å². The summed E-state index contributed by atoms with van der Waals surface area (Å²) in [6.45, 7) is -1.65. The van der Waals surface area contributed by atoms with Crippen molar-refractivity contribution < 1.29 is 21.6 Å². The Bertz CT molecular complexity index is 536. The number of halogens is 5. The molecule has 0 aromatic heterocycles. The molecule has 18 heavy (non-hydrogen) atoms. The van der Waals surface area contributed by atoms with Crippen LogP contribution in [0.15, 0.2) is 22.7 Å². The monoisotopic (exact) mass is 366 g/mol. The van der Waals surface area contributed by atoms with Crippen LogP contribution in [-0.2, 0) is 10.2 Å². The van der Waals surface area contributed by atoms with E-state index in [-0.39, 0.29) is 10.7 Å². The van der Waals surface area contributed by atoms with E-state index in [1.54, 1.807) is 0 Å². The Balaban J connectivity index is 2.80. The lowest BCUT2D eigenvalue weighted by molar-refractivity contribution is -0.121. The van der Waals surface area contributed by atoms with E-state index in [0.29, 0.717) is 4.47 Å². The maximum absolute atomic E-state index is 11.9. The lowest BCUT2D eigenvalue weighted by Gasteiger charge is -2.12. The summed E-state index contributed by atoms with van der Waals surface area (Å²) >= 11 is 8.68. The Labute approximate surface area is 115 Å². The van der Waals surface area contributed by atoms with Gasteiger partial charge in [0.2, 0.25) is 0 Å². The molecule has 4 nitrogen and oxygen atoms in total. The summed E-state index contributed by atoms with van der Waals surface area (Å²) in [5.74, 6) is 0. The quantitative estimate of drug-likeness (QED) is 0.860. The first-order valence-corrected chi connectivity index (χ1v) is 7.04. The largest absolute Gasteiger partial charge is 0.402 e. The third-order valence-electron chi connectivity index (χ3n) is 1.64. The lowest BCUT2D eigenvalue weighted by atomic mass is 10.3. The molecule has 0 heterocycles. The van der Waals surface area contributed by atoms with Gasteiger partial charge in [-0.15, -0.1) is 0 Å². The van der Waals surface area contributed by atoms with Crippen LogP contribution in [0.25, 0.3) is 0 Å². The molecule has 0 saturated heterocycles. The standard InChI is InChI=1S/C8H7BrClF3N2O2S/c9-6-2-1-5(10)3-7(6)15-18(16,17)14-4-8(11,12)13/h1-3,14-15H,4H2. The van der Waals surface area contributed by atoms with Crippen molar-refractivity contribution in [3.8, 4) is 0 Å². The molecule has 0 saturated carbocycles. The Kier molecular flexibility index (Phi) is 4.87. The van der Waals surface area contributed by atoms with Crippen LogP contribution in [0.1, 0.15) is 0 Å². The maximum Gasteiger partial charge on any atom is 0.402 e. The molecule has 1 aromatic carbocycles. The maximum atomic E-state index is 11.9. The van der Waals surface area contributed by atoms with Crippen molar-refractivity contribution in [2.24, 2.45) is 0 Å². The smallest absolute Gasteiger partial charge is 0.270 e. The lowest BCUT2D eigenvalue weighted by Crippen LogP contribution is -2.37. The van der Waals surface area contributed by atoms with Crippen molar-refractivity contribution in [3.63, 3.8) is 0 Å². The number of hydrogen-bond donors (Lipinski definition) is 2. The molecule has 0 unspecified atom stereocenters. The van der Waals surface area contributed by atoms with E-state index in [9.17, 15) is 21.6 Å². The molecule has 0 aliphatic heterocycles. The highest BCUT2D eigenvalue weighted by molar-refractivity contribution is 9.10. The Morgan fingerprint density at radius 2 is 1.94 bits per heavy atom. The van der Waals surface area contributed by atoms with Gasteiger partial charge in [0.05, 0.1) is 5.69 Å². The van der Waals surface area contributed by atoms with Gasteiger partial charge in [-0.05, 0) is 34.1 Å². The number of hydrogen-bond acceptors (Lipinski definition) is 2. The van der Waals surface area contributed by atoms with Gasteiger partial charge in [0.25, 0.3) is 10.2 Å². The van der Waals surface area contributed by atoms with E-state index in [1.165, 1.54) is 22.9 Å². The molecule has 0 aliphatic rings. The highest BCUT2D eigenvalue weighted by Gasteiger charge is 2.29. The topological polar surface area (TPSA) is 58.2 Å². The van der Waals surface area contributed by atoms with Crippen molar-refractivity contribution in [1.29, 1.82) is 0 Å². The van der Waals surface area contributed by atoms with Crippen LogP contribution in [0.2, 0.25) is 5.02 Å². The molecule has 1 rings (SSSR count). The van der Waals surface area contributed by atoms with E-state index >= 15 is 0 Å². The SMILES string of the molecule is O=S(=O)(NCC(F)(F)F)Nc1cc(Cl)ccc1Br. The van der Waals surface area contributed by atoms with Crippen molar-refractivity contribution in [1.82, 2.24) is 4.72 Å². The number of alkyl halides is 3. The predicted molar refractivity (Wildman–Crippen MR) is 65.8 cm³/mol. The second kappa shape index (κ2) is 5.64. The zero-order valence-corrected chi connectivity index (χ0v) is 11.7. The first-order chi connectivity index (χ1) is 8.09. The van der Waals surface area contributed by atoms with Crippen LogP contribution in [0.4, 0.5) is 18.9 Å². The van der Waals surface area contributed by atoms with E-state index in [4.69, 9.17) is 11.6 Å². The molecule has 102 valence electrons. The van der Waals surface area contributed by atoms with Crippen molar-refractivity contribution in [3.05, 3.63) is 27.7 Å². The molecule has 2 N–H and O–H groups in total.